The highest BCUT2D eigenvalue weighted by Gasteiger charge is 2.34. The quantitative estimate of drug-likeness (QED) is 0.548. The third-order valence-corrected chi connectivity index (χ3v) is 1.38. The SMILES string of the molecule is O=C1OCC(OC/C=C(/F)C(F)(F)F)O1. The van der Waals surface area contributed by atoms with Crippen LogP contribution >= 0.6 is 0 Å². The molecular formula is C7H6F4O4. The van der Waals surface area contributed by atoms with Crippen LogP contribution in [0.1, 0.15) is 0 Å². The first kappa shape index (κ1) is 11.8. The van der Waals surface area contributed by atoms with Gasteiger partial charge in [0.2, 0.25) is 12.1 Å². The molecular weight excluding hydrogens is 224 g/mol. The second kappa shape index (κ2) is 4.47. The first-order valence-electron chi connectivity index (χ1n) is 3.77. The highest BCUT2D eigenvalue weighted by molar-refractivity contribution is 5.61. The molecule has 8 heteroatoms. The maximum atomic E-state index is 12.2. The molecule has 0 aromatic rings. The van der Waals surface area contributed by atoms with Crippen molar-refractivity contribution in [1.29, 1.82) is 0 Å². The van der Waals surface area contributed by atoms with Crippen LogP contribution in [0.2, 0.25) is 0 Å². The van der Waals surface area contributed by atoms with Crippen molar-refractivity contribution >= 4 is 6.16 Å². The molecule has 0 bridgehead atoms. The van der Waals surface area contributed by atoms with E-state index >= 15 is 0 Å². The van der Waals surface area contributed by atoms with E-state index in [1.807, 2.05) is 0 Å². The Kier molecular flexibility index (Phi) is 3.51. The number of halogens is 4. The minimum Gasteiger partial charge on any atom is -0.428 e. The summed E-state index contributed by atoms with van der Waals surface area (Å²) in [6.45, 7) is -0.882. The molecule has 15 heavy (non-hydrogen) atoms. The van der Waals surface area contributed by atoms with Gasteiger partial charge in [-0.2, -0.15) is 13.2 Å². The molecule has 1 saturated heterocycles. The Hall–Kier alpha value is -1.31. The van der Waals surface area contributed by atoms with E-state index in [9.17, 15) is 22.4 Å². The summed E-state index contributed by atoms with van der Waals surface area (Å²) in [4.78, 5) is 10.3. The van der Waals surface area contributed by atoms with Gasteiger partial charge in [0.1, 0.15) is 0 Å². The van der Waals surface area contributed by atoms with Crippen LogP contribution in [0, 0.1) is 0 Å². The molecule has 4 nitrogen and oxygen atoms in total. The van der Waals surface area contributed by atoms with Crippen LogP contribution < -0.4 is 0 Å². The predicted molar refractivity (Wildman–Crippen MR) is 37.4 cm³/mol. The molecule has 86 valence electrons. The molecule has 0 aromatic heterocycles. The minimum absolute atomic E-state index is 0.201. The van der Waals surface area contributed by atoms with E-state index in [0.717, 1.165) is 0 Å². The number of hydrogen-bond acceptors (Lipinski definition) is 4. The first-order valence-corrected chi connectivity index (χ1v) is 3.77. The Morgan fingerprint density at radius 2 is 2.27 bits per heavy atom. The lowest BCUT2D eigenvalue weighted by molar-refractivity contribution is -0.111. The lowest BCUT2D eigenvalue weighted by Crippen LogP contribution is -2.16. The lowest BCUT2D eigenvalue weighted by Gasteiger charge is -2.06. The summed E-state index contributed by atoms with van der Waals surface area (Å²) in [5.41, 5.74) is 0. The van der Waals surface area contributed by atoms with E-state index in [1.165, 1.54) is 0 Å². The molecule has 1 fully saturated rings. The van der Waals surface area contributed by atoms with Crippen LogP contribution in [0.25, 0.3) is 0 Å². The first-order chi connectivity index (χ1) is 6.89. The number of carbonyl (C=O) groups is 1. The molecule has 0 N–H and O–H groups in total. The Morgan fingerprint density at radius 3 is 2.73 bits per heavy atom. The summed E-state index contributed by atoms with van der Waals surface area (Å²) < 4.78 is 60.1. The second-order valence-electron chi connectivity index (χ2n) is 2.49. The number of carbonyl (C=O) groups excluding carboxylic acids is 1. The van der Waals surface area contributed by atoms with Crippen molar-refractivity contribution in [3.8, 4) is 0 Å². The van der Waals surface area contributed by atoms with Crippen molar-refractivity contribution in [3.63, 3.8) is 0 Å². The number of cyclic esters (lactones) is 2. The Balaban J connectivity index is 2.29. The van der Waals surface area contributed by atoms with Gasteiger partial charge in [-0.25, -0.2) is 9.18 Å². The standard InChI is InChI=1S/C7H6F4O4/c8-4(7(9,10)11)1-2-13-5-3-14-6(12)15-5/h1,5H,2-3H2/b4-1+. The van der Waals surface area contributed by atoms with Crippen molar-refractivity contribution in [3.05, 3.63) is 11.9 Å². The van der Waals surface area contributed by atoms with Gasteiger partial charge in [-0.15, -0.1) is 0 Å². The number of alkyl halides is 3. The summed E-state index contributed by atoms with van der Waals surface area (Å²) in [6.07, 6.45) is -6.88. The molecule has 0 amide bonds. The Bertz CT molecular complexity index is 273. The van der Waals surface area contributed by atoms with E-state index in [0.29, 0.717) is 0 Å². The summed E-state index contributed by atoms with van der Waals surface area (Å²) in [6, 6.07) is 0. The maximum Gasteiger partial charge on any atom is 0.510 e. The number of ether oxygens (including phenoxy) is 3. The van der Waals surface area contributed by atoms with E-state index < -0.39 is 31.1 Å². The molecule has 1 aliphatic heterocycles. The van der Waals surface area contributed by atoms with Crippen LogP contribution in [0.15, 0.2) is 11.9 Å². The largest absolute Gasteiger partial charge is 0.510 e. The van der Waals surface area contributed by atoms with Crippen LogP contribution in [0.5, 0.6) is 0 Å². The van der Waals surface area contributed by atoms with Gasteiger partial charge in [0.15, 0.2) is 6.61 Å². The van der Waals surface area contributed by atoms with Crippen LogP contribution in [0.3, 0.4) is 0 Å². The zero-order valence-corrected chi connectivity index (χ0v) is 7.21. The molecule has 0 aliphatic carbocycles. The number of allylic oxidation sites excluding steroid dienone is 1. The normalized spacial score (nSPS) is 22.5. The zero-order chi connectivity index (χ0) is 11.5. The highest BCUT2D eigenvalue weighted by Crippen LogP contribution is 2.26. The molecule has 1 aliphatic rings. The summed E-state index contributed by atoms with van der Waals surface area (Å²) >= 11 is 0. The van der Waals surface area contributed by atoms with Gasteiger partial charge in [0.05, 0.1) is 6.61 Å². The fraction of sp³-hybridized carbons (Fsp3) is 0.571. The number of rotatable bonds is 3. The molecule has 0 saturated carbocycles. The van der Waals surface area contributed by atoms with Crippen molar-refractivity contribution in [2.24, 2.45) is 0 Å². The molecule has 1 atom stereocenters. The van der Waals surface area contributed by atoms with Gasteiger partial charge in [-0.3, -0.25) is 0 Å². The van der Waals surface area contributed by atoms with Gasteiger partial charge in [-0.1, -0.05) is 0 Å². The van der Waals surface area contributed by atoms with Crippen LogP contribution in [-0.2, 0) is 14.2 Å². The van der Waals surface area contributed by atoms with Gasteiger partial charge in [0.25, 0.3) is 0 Å². The van der Waals surface area contributed by atoms with Crippen molar-refractivity contribution in [2.45, 2.75) is 12.5 Å². The predicted octanol–water partition coefficient (Wildman–Crippen LogP) is 1.91. The highest BCUT2D eigenvalue weighted by atomic mass is 19.4. The second-order valence-corrected chi connectivity index (χ2v) is 2.49. The van der Waals surface area contributed by atoms with Crippen molar-refractivity contribution in [2.75, 3.05) is 13.2 Å². The number of hydrogen-bond donors (Lipinski definition) is 0. The van der Waals surface area contributed by atoms with Crippen molar-refractivity contribution < 1.29 is 36.6 Å². The van der Waals surface area contributed by atoms with E-state index in [-0.39, 0.29) is 12.7 Å². The van der Waals surface area contributed by atoms with E-state index in [1.54, 1.807) is 0 Å². The van der Waals surface area contributed by atoms with Crippen LogP contribution in [0.4, 0.5) is 22.4 Å². The Labute approximate surface area is 81.4 Å². The Morgan fingerprint density at radius 1 is 1.60 bits per heavy atom. The summed E-state index contributed by atoms with van der Waals surface area (Å²) in [5.74, 6) is -2.26. The molecule has 0 aromatic carbocycles. The van der Waals surface area contributed by atoms with Gasteiger partial charge < -0.3 is 14.2 Å². The third kappa shape index (κ3) is 3.74. The third-order valence-electron chi connectivity index (χ3n) is 1.38. The fourth-order valence-corrected chi connectivity index (χ4v) is 0.738. The molecule has 1 rings (SSSR count). The average molecular weight is 230 g/mol. The zero-order valence-electron chi connectivity index (χ0n) is 7.21. The smallest absolute Gasteiger partial charge is 0.428 e. The monoisotopic (exact) mass is 230 g/mol. The minimum atomic E-state index is -5.02. The van der Waals surface area contributed by atoms with Gasteiger partial charge in [0, 0.05) is 0 Å². The molecule has 1 heterocycles. The summed E-state index contributed by atoms with van der Waals surface area (Å²) in [7, 11) is 0. The topological polar surface area (TPSA) is 44.8 Å². The maximum absolute atomic E-state index is 12.2. The van der Waals surface area contributed by atoms with Crippen molar-refractivity contribution in [1.82, 2.24) is 0 Å². The fourth-order valence-electron chi connectivity index (χ4n) is 0.738. The molecule has 0 radical (unpaired) electrons. The lowest BCUT2D eigenvalue weighted by atomic mass is 10.4. The summed E-state index contributed by atoms with van der Waals surface area (Å²) in [5, 5.41) is 0. The van der Waals surface area contributed by atoms with Crippen LogP contribution in [-0.4, -0.2) is 31.8 Å². The average Bonchev–Trinajstić information content (AvgIpc) is 2.49. The van der Waals surface area contributed by atoms with Gasteiger partial charge >= 0.3 is 12.3 Å². The van der Waals surface area contributed by atoms with Gasteiger partial charge in [-0.05, 0) is 6.08 Å². The molecule has 0 spiro atoms. The molecule has 1 unspecified atom stereocenters. The van der Waals surface area contributed by atoms with E-state index in [4.69, 9.17) is 0 Å². The van der Waals surface area contributed by atoms with E-state index in [2.05, 4.69) is 14.2 Å².